The summed E-state index contributed by atoms with van der Waals surface area (Å²) < 4.78 is 0. The molecule has 0 heterocycles. The van der Waals surface area contributed by atoms with Crippen molar-refractivity contribution in [3.63, 3.8) is 0 Å². The molecule has 1 aromatic rings. The van der Waals surface area contributed by atoms with Gasteiger partial charge in [-0.3, -0.25) is 0 Å². The zero-order valence-corrected chi connectivity index (χ0v) is 5.88. The summed E-state index contributed by atoms with van der Waals surface area (Å²) in [5.74, 6) is 0.334. The minimum atomic E-state index is 0.334. The van der Waals surface area contributed by atoms with E-state index >= 15 is 0 Å². The van der Waals surface area contributed by atoms with Gasteiger partial charge in [-0.25, -0.2) is 0 Å². The highest BCUT2D eigenvalue weighted by Gasteiger charge is 1.88. The van der Waals surface area contributed by atoms with E-state index in [-0.39, 0.29) is 0 Å². The lowest BCUT2D eigenvalue weighted by Crippen LogP contribution is -1.97. The molecule has 0 fully saturated rings. The van der Waals surface area contributed by atoms with Gasteiger partial charge in [0.2, 0.25) is 0 Å². The van der Waals surface area contributed by atoms with E-state index in [0.717, 1.165) is 0 Å². The number of hydrogen-bond acceptors (Lipinski definition) is 1. The predicted octanol–water partition coefficient (Wildman–Crippen LogP) is -0.349. The Labute approximate surface area is 51.4 Å². The molecule has 0 spiro atoms. The lowest BCUT2D eigenvalue weighted by atomic mass is 10.3. The Morgan fingerprint density at radius 1 is 1.12 bits per heavy atom. The van der Waals surface area contributed by atoms with E-state index in [1.807, 2.05) is 12.1 Å². The largest absolute Gasteiger partial charge is 0.508 e. The van der Waals surface area contributed by atoms with Gasteiger partial charge in [-0.15, -0.1) is 0 Å². The molecule has 0 radical (unpaired) electrons. The molecule has 0 unspecified atom stereocenters. The molecule has 0 bridgehead atoms. The summed E-state index contributed by atoms with van der Waals surface area (Å²) in [6, 6.07) is 7.13. The SMILES string of the molecule is Oc1ccc([SiH2+])cc1. The highest BCUT2D eigenvalue weighted by molar-refractivity contribution is 6.32. The second kappa shape index (κ2) is 2.00. The van der Waals surface area contributed by atoms with Crippen LogP contribution in [0.2, 0.25) is 0 Å². The Hall–Kier alpha value is -0.763. The van der Waals surface area contributed by atoms with Crippen molar-refractivity contribution >= 4 is 15.4 Å². The summed E-state index contributed by atoms with van der Waals surface area (Å²) in [4.78, 5) is 0. The van der Waals surface area contributed by atoms with Gasteiger partial charge in [0.25, 0.3) is 0 Å². The first-order chi connectivity index (χ1) is 3.79. The third-order valence-corrected chi connectivity index (χ3v) is 1.41. The van der Waals surface area contributed by atoms with Crippen LogP contribution in [-0.4, -0.2) is 15.3 Å². The second-order valence-corrected chi connectivity index (χ2v) is 2.48. The fourth-order valence-corrected chi connectivity index (χ4v) is 0.732. The minimum Gasteiger partial charge on any atom is -0.508 e. The van der Waals surface area contributed by atoms with Crippen molar-refractivity contribution in [2.45, 2.75) is 0 Å². The third-order valence-electron chi connectivity index (χ3n) is 0.936. The molecule has 0 amide bonds. The van der Waals surface area contributed by atoms with E-state index in [1.165, 1.54) is 5.19 Å². The van der Waals surface area contributed by atoms with Crippen LogP contribution in [0.25, 0.3) is 0 Å². The van der Waals surface area contributed by atoms with Crippen molar-refractivity contribution in [1.82, 2.24) is 0 Å². The molecule has 0 aliphatic rings. The van der Waals surface area contributed by atoms with Gasteiger partial charge < -0.3 is 5.11 Å². The number of aromatic hydroxyl groups is 1. The average molecular weight is 123 g/mol. The number of hydrogen-bond donors (Lipinski definition) is 1. The number of benzene rings is 1. The zero-order chi connectivity index (χ0) is 5.98. The molecule has 2 heteroatoms. The smallest absolute Gasteiger partial charge is 0.321 e. The zero-order valence-electron chi connectivity index (χ0n) is 4.46. The molecule has 8 heavy (non-hydrogen) atoms. The van der Waals surface area contributed by atoms with Gasteiger partial charge in [0.1, 0.15) is 5.75 Å². The van der Waals surface area contributed by atoms with Crippen LogP contribution >= 0.6 is 0 Å². The topological polar surface area (TPSA) is 20.2 Å². The number of phenolic OH excluding ortho intramolecular Hbond substituents is 1. The van der Waals surface area contributed by atoms with Crippen LogP contribution in [0.4, 0.5) is 0 Å². The fourth-order valence-electron chi connectivity index (χ4n) is 0.496. The monoisotopic (exact) mass is 123 g/mol. The van der Waals surface area contributed by atoms with Crippen molar-refractivity contribution in [3.8, 4) is 5.75 Å². The van der Waals surface area contributed by atoms with Crippen LogP contribution in [0, 0.1) is 0 Å². The van der Waals surface area contributed by atoms with E-state index in [9.17, 15) is 0 Å². The number of rotatable bonds is 0. The van der Waals surface area contributed by atoms with Gasteiger partial charge in [0.15, 0.2) is 0 Å². The first-order valence-electron chi connectivity index (χ1n) is 2.40. The maximum Gasteiger partial charge on any atom is 0.321 e. The molecule has 0 saturated carbocycles. The summed E-state index contributed by atoms with van der Waals surface area (Å²) >= 11 is 0. The molecular formula is C6H7OSi+. The molecule has 1 nitrogen and oxygen atoms in total. The molecule has 1 aromatic carbocycles. The van der Waals surface area contributed by atoms with Crippen molar-refractivity contribution in [1.29, 1.82) is 0 Å². The molecule has 0 aliphatic carbocycles. The molecular weight excluding hydrogens is 116 g/mol. The quantitative estimate of drug-likeness (QED) is 0.468. The van der Waals surface area contributed by atoms with Crippen LogP contribution in [-0.2, 0) is 0 Å². The van der Waals surface area contributed by atoms with Crippen molar-refractivity contribution < 1.29 is 5.11 Å². The van der Waals surface area contributed by atoms with Gasteiger partial charge in [0.05, 0.1) is 5.19 Å². The van der Waals surface area contributed by atoms with E-state index in [4.69, 9.17) is 5.11 Å². The van der Waals surface area contributed by atoms with Crippen LogP contribution in [0.5, 0.6) is 5.75 Å². The second-order valence-electron chi connectivity index (χ2n) is 1.67. The predicted molar refractivity (Wildman–Crippen MR) is 36.3 cm³/mol. The molecule has 1 rings (SSSR count). The molecule has 0 atom stereocenters. The third kappa shape index (κ3) is 1.10. The summed E-state index contributed by atoms with van der Waals surface area (Å²) in [6.07, 6.45) is 0. The normalized spacial score (nSPS) is 9.00. The van der Waals surface area contributed by atoms with Crippen molar-refractivity contribution in [2.24, 2.45) is 0 Å². The van der Waals surface area contributed by atoms with E-state index < -0.39 is 0 Å². The first-order valence-corrected chi connectivity index (χ1v) is 3.11. The summed E-state index contributed by atoms with van der Waals surface area (Å²) in [5.41, 5.74) is 0. The van der Waals surface area contributed by atoms with Gasteiger partial charge in [0, 0.05) is 0 Å². The molecule has 0 aromatic heterocycles. The average Bonchev–Trinajstić information content (AvgIpc) is 1.77. The first kappa shape index (κ1) is 5.38. The van der Waals surface area contributed by atoms with Gasteiger partial charge in [-0.1, -0.05) is 0 Å². The fraction of sp³-hybridized carbons (Fsp3) is 0. The van der Waals surface area contributed by atoms with Crippen LogP contribution in [0.1, 0.15) is 0 Å². The van der Waals surface area contributed by atoms with Gasteiger partial charge in [-0.05, 0) is 24.3 Å². The Kier molecular flexibility index (Phi) is 1.35. The molecule has 1 N–H and O–H groups in total. The molecule has 40 valence electrons. The highest BCUT2D eigenvalue weighted by Crippen LogP contribution is 2.01. The van der Waals surface area contributed by atoms with Crippen LogP contribution in [0.15, 0.2) is 24.3 Å². The van der Waals surface area contributed by atoms with E-state index in [2.05, 4.69) is 0 Å². The Balaban J connectivity index is 3.03. The standard InChI is InChI=1S/C6H6OSi/c7-5-1-3-6(8)4-2-5/h1-4H,8H2/p+1. The van der Waals surface area contributed by atoms with Gasteiger partial charge in [-0.2, -0.15) is 0 Å². The van der Waals surface area contributed by atoms with Crippen LogP contribution in [0.3, 0.4) is 0 Å². The number of phenols is 1. The highest BCUT2D eigenvalue weighted by atomic mass is 28.1. The molecule has 0 aliphatic heterocycles. The Bertz CT molecular complexity index is 147. The minimum absolute atomic E-state index is 0.334. The molecule has 0 saturated heterocycles. The van der Waals surface area contributed by atoms with Crippen LogP contribution < -0.4 is 5.19 Å². The van der Waals surface area contributed by atoms with Gasteiger partial charge >= 0.3 is 10.2 Å². The lowest BCUT2D eigenvalue weighted by molar-refractivity contribution is 0.475. The summed E-state index contributed by atoms with van der Waals surface area (Å²) in [6.45, 7) is 0. The lowest BCUT2D eigenvalue weighted by Gasteiger charge is -1.84. The maximum absolute atomic E-state index is 8.76. The van der Waals surface area contributed by atoms with E-state index in [1.54, 1.807) is 22.4 Å². The van der Waals surface area contributed by atoms with E-state index in [0.29, 0.717) is 5.75 Å². The Morgan fingerprint density at radius 3 is 2.00 bits per heavy atom. The summed E-state index contributed by atoms with van der Waals surface area (Å²) in [7, 11) is 1.80. The summed E-state index contributed by atoms with van der Waals surface area (Å²) in [5, 5.41) is 9.96. The maximum atomic E-state index is 8.76. The van der Waals surface area contributed by atoms with Crippen molar-refractivity contribution in [2.75, 3.05) is 0 Å². The Morgan fingerprint density at radius 2 is 1.62 bits per heavy atom. The van der Waals surface area contributed by atoms with Crippen molar-refractivity contribution in [3.05, 3.63) is 24.3 Å².